The van der Waals surface area contributed by atoms with Gasteiger partial charge < -0.3 is 20.3 Å². The standard InChI is InChI=1S/C29H40N6O4/c1-27(2,3)39-26(38)28(4,5)34-17-18-16-19(8-9-20(18)25(34)37)32-23-22-21(10-15-31-24(22)36)35(33-23)29(13-14-30)11-6-7-12-29/h8-9,16,21-23,32-33H,6-7,10-13,15,17H2,1-5H3,(H,31,36). The quantitative estimate of drug-likeness (QED) is 0.474. The van der Waals surface area contributed by atoms with E-state index in [9.17, 15) is 19.6 Å². The summed E-state index contributed by atoms with van der Waals surface area (Å²) in [4.78, 5) is 40.8. The van der Waals surface area contributed by atoms with E-state index in [4.69, 9.17) is 4.74 Å². The number of fused-ring (bicyclic) bond motifs is 2. The highest BCUT2D eigenvalue weighted by molar-refractivity contribution is 6.02. The normalized spacial score (nSPS) is 26.6. The molecule has 2 saturated heterocycles. The predicted octanol–water partition coefficient (Wildman–Crippen LogP) is 3.05. The van der Waals surface area contributed by atoms with Crippen molar-refractivity contribution in [2.45, 2.75) is 109 Å². The molecule has 3 N–H and O–H groups in total. The van der Waals surface area contributed by atoms with Crippen molar-refractivity contribution in [3.05, 3.63) is 29.3 Å². The zero-order valence-corrected chi connectivity index (χ0v) is 23.6. The lowest BCUT2D eigenvalue weighted by Gasteiger charge is -2.42. The molecule has 0 bridgehead atoms. The number of benzene rings is 1. The first-order chi connectivity index (χ1) is 18.4. The summed E-state index contributed by atoms with van der Waals surface area (Å²) in [5.41, 5.74) is 3.72. The molecule has 1 aromatic carbocycles. The van der Waals surface area contributed by atoms with Crippen LogP contribution in [0.5, 0.6) is 0 Å². The van der Waals surface area contributed by atoms with Crippen molar-refractivity contribution in [2.24, 2.45) is 5.92 Å². The highest BCUT2D eigenvalue weighted by atomic mass is 16.6. The number of carbonyl (C=O) groups is 3. The second-order valence-corrected chi connectivity index (χ2v) is 12.9. The van der Waals surface area contributed by atoms with Crippen molar-refractivity contribution in [3.63, 3.8) is 0 Å². The van der Waals surface area contributed by atoms with E-state index in [0.717, 1.165) is 43.4 Å². The van der Waals surface area contributed by atoms with E-state index < -0.39 is 17.1 Å². The molecule has 5 rings (SSSR count). The van der Waals surface area contributed by atoms with E-state index in [1.165, 1.54) is 0 Å². The molecule has 1 aliphatic carbocycles. The first-order valence-electron chi connectivity index (χ1n) is 14.0. The molecular weight excluding hydrogens is 496 g/mol. The van der Waals surface area contributed by atoms with Crippen LogP contribution in [0.25, 0.3) is 0 Å². The van der Waals surface area contributed by atoms with Crippen molar-refractivity contribution < 1.29 is 19.1 Å². The monoisotopic (exact) mass is 536 g/mol. The zero-order valence-electron chi connectivity index (χ0n) is 23.6. The van der Waals surface area contributed by atoms with Crippen LogP contribution in [0.4, 0.5) is 5.69 Å². The van der Waals surface area contributed by atoms with Crippen LogP contribution in [0.15, 0.2) is 18.2 Å². The van der Waals surface area contributed by atoms with Crippen LogP contribution in [-0.2, 0) is 20.9 Å². The van der Waals surface area contributed by atoms with E-state index >= 15 is 0 Å². The molecule has 10 heteroatoms. The number of amides is 2. The van der Waals surface area contributed by atoms with Gasteiger partial charge in [0.15, 0.2) is 0 Å². The number of esters is 1. The Morgan fingerprint density at radius 2 is 1.92 bits per heavy atom. The van der Waals surface area contributed by atoms with Crippen molar-refractivity contribution >= 4 is 23.5 Å². The van der Waals surface area contributed by atoms with Gasteiger partial charge in [-0.1, -0.05) is 12.8 Å². The number of nitriles is 1. The van der Waals surface area contributed by atoms with Gasteiger partial charge in [0.05, 0.1) is 18.4 Å². The van der Waals surface area contributed by atoms with E-state index in [1.54, 1.807) is 24.8 Å². The molecule has 3 unspecified atom stereocenters. The molecule has 2 amide bonds. The third-order valence-corrected chi connectivity index (χ3v) is 8.68. The number of nitrogens with one attached hydrogen (secondary N) is 3. The number of hydrogen-bond acceptors (Lipinski definition) is 8. The van der Waals surface area contributed by atoms with Gasteiger partial charge >= 0.3 is 5.97 Å². The van der Waals surface area contributed by atoms with Crippen molar-refractivity contribution in [2.75, 3.05) is 11.9 Å². The predicted molar refractivity (Wildman–Crippen MR) is 145 cm³/mol. The minimum absolute atomic E-state index is 0.00354. The van der Waals surface area contributed by atoms with E-state index in [0.29, 0.717) is 18.5 Å². The Bertz CT molecular complexity index is 1210. The first kappa shape index (κ1) is 27.4. The SMILES string of the molecule is CC(C)(C)OC(=O)C(C)(C)N1Cc2cc(NC3NN(C4(CC#N)CCCC4)C4CCNC(=O)C34)ccc2C1=O. The summed E-state index contributed by atoms with van der Waals surface area (Å²) in [5.74, 6) is -0.959. The Morgan fingerprint density at radius 3 is 2.59 bits per heavy atom. The third-order valence-electron chi connectivity index (χ3n) is 8.68. The van der Waals surface area contributed by atoms with Crippen LogP contribution in [0, 0.1) is 17.2 Å². The number of carbonyl (C=O) groups excluding carboxylic acids is 3. The van der Waals surface area contributed by atoms with Gasteiger partial charge in [0.1, 0.15) is 17.3 Å². The molecule has 3 aliphatic heterocycles. The Labute approximate surface area is 230 Å². The van der Waals surface area contributed by atoms with Gasteiger partial charge in [0.25, 0.3) is 5.91 Å². The third kappa shape index (κ3) is 4.87. The summed E-state index contributed by atoms with van der Waals surface area (Å²) in [6.45, 7) is 9.76. The van der Waals surface area contributed by atoms with Crippen LogP contribution in [0.1, 0.15) is 89.1 Å². The van der Waals surface area contributed by atoms with Gasteiger partial charge in [-0.3, -0.25) is 9.59 Å². The lowest BCUT2D eigenvalue weighted by Crippen LogP contribution is -2.57. The molecule has 0 radical (unpaired) electrons. The van der Waals surface area contributed by atoms with Crippen molar-refractivity contribution in [3.8, 4) is 6.07 Å². The van der Waals surface area contributed by atoms with Crippen LogP contribution >= 0.6 is 0 Å². The van der Waals surface area contributed by atoms with Gasteiger partial charge in [-0.05, 0) is 77.6 Å². The Morgan fingerprint density at radius 1 is 1.21 bits per heavy atom. The second-order valence-electron chi connectivity index (χ2n) is 12.9. The van der Waals surface area contributed by atoms with E-state index in [2.05, 4.69) is 27.1 Å². The molecule has 1 aromatic rings. The molecule has 39 heavy (non-hydrogen) atoms. The fourth-order valence-electron chi connectivity index (χ4n) is 6.65. The van der Waals surface area contributed by atoms with Crippen molar-refractivity contribution in [1.82, 2.24) is 20.7 Å². The smallest absolute Gasteiger partial charge is 0.332 e. The highest BCUT2D eigenvalue weighted by Crippen LogP contribution is 2.43. The lowest BCUT2D eigenvalue weighted by molar-refractivity contribution is -0.166. The molecular formula is C29H40N6O4. The zero-order chi connectivity index (χ0) is 28.2. The molecule has 4 aliphatic rings. The Hall–Kier alpha value is -3.16. The maximum Gasteiger partial charge on any atom is 0.332 e. The maximum absolute atomic E-state index is 13.3. The van der Waals surface area contributed by atoms with E-state index in [-0.39, 0.29) is 42.0 Å². The van der Waals surface area contributed by atoms with Gasteiger partial charge in [0.2, 0.25) is 5.91 Å². The minimum Gasteiger partial charge on any atom is -0.458 e. The molecule has 3 heterocycles. The minimum atomic E-state index is -1.13. The molecule has 10 nitrogen and oxygen atoms in total. The molecule has 1 saturated carbocycles. The van der Waals surface area contributed by atoms with Gasteiger partial charge in [-0.15, -0.1) is 0 Å². The number of piperidine rings is 1. The topological polar surface area (TPSA) is 127 Å². The molecule has 0 aromatic heterocycles. The number of hydrogen-bond donors (Lipinski definition) is 3. The average Bonchev–Trinajstić information content (AvgIpc) is 3.56. The lowest BCUT2D eigenvalue weighted by atomic mass is 9.86. The van der Waals surface area contributed by atoms with Gasteiger partial charge in [0, 0.05) is 35.9 Å². The summed E-state index contributed by atoms with van der Waals surface area (Å²) in [6, 6.07) is 7.96. The Kier molecular flexibility index (Phi) is 6.88. The Balaban J connectivity index is 1.36. The second kappa shape index (κ2) is 9.79. The van der Waals surface area contributed by atoms with Crippen molar-refractivity contribution in [1.29, 1.82) is 5.26 Å². The molecule has 3 fully saturated rings. The fraction of sp³-hybridized carbons (Fsp3) is 0.655. The number of rotatable bonds is 6. The molecule has 210 valence electrons. The highest BCUT2D eigenvalue weighted by Gasteiger charge is 2.55. The maximum atomic E-state index is 13.3. The van der Waals surface area contributed by atoms with Gasteiger partial charge in [-0.2, -0.15) is 5.26 Å². The van der Waals surface area contributed by atoms with Crippen LogP contribution in [0.2, 0.25) is 0 Å². The number of nitrogens with zero attached hydrogens (tertiary/aromatic N) is 3. The largest absolute Gasteiger partial charge is 0.458 e. The van der Waals surface area contributed by atoms with Crippen LogP contribution in [-0.4, -0.2) is 63.1 Å². The number of ether oxygens (including phenoxy) is 1. The van der Waals surface area contributed by atoms with Crippen LogP contribution < -0.4 is 16.1 Å². The first-order valence-corrected chi connectivity index (χ1v) is 14.0. The average molecular weight is 537 g/mol. The summed E-state index contributed by atoms with van der Waals surface area (Å²) in [7, 11) is 0. The summed E-state index contributed by atoms with van der Waals surface area (Å²) < 4.78 is 5.60. The molecule has 0 spiro atoms. The summed E-state index contributed by atoms with van der Waals surface area (Å²) in [5, 5.41) is 18.4. The summed E-state index contributed by atoms with van der Waals surface area (Å²) >= 11 is 0. The number of hydrazine groups is 1. The van der Waals surface area contributed by atoms with E-state index in [1.807, 2.05) is 32.9 Å². The van der Waals surface area contributed by atoms with Crippen LogP contribution in [0.3, 0.4) is 0 Å². The fourth-order valence-corrected chi connectivity index (χ4v) is 6.65. The molecule has 3 atom stereocenters. The summed E-state index contributed by atoms with van der Waals surface area (Å²) in [6.07, 6.45) is 4.94. The number of anilines is 1. The van der Waals surface area contributed by atoms with Gasteiger partial charge in [-0.25, -0.2) is 15.2 Å².